The van der Waals surface area contributed by atoms with Gasteiger partial charge < -0.3 is 20.1 Å². The monoisotopic (exact) mass is 493 g/mol. The first-order valence-corrected chi connectivity index (χ1v) is 12.6. The van der Waals surface area contributed by atoms with Gasteiger partial charge in [-0.1, -0.05) is 48.5 Å². The molecule has 1 amide bonds. The van der Waals surface area contributed by atoms with Gasteiger partial charge in [0, 0.05) is 17.5 Å². The molecule has 1 saturated heterocycles. The number of aromatic nitrogens is 1. The summed E-state index contributed by atoms with van der Waals surface area (Å²) >= 11 is 0. The Hall–Kier alpha value is -4.16. The maximum atomic E-state index is 13.2. The van der Waals surface area contributed by atoms with Crippen molar-refractivity contribution >= 4 is 28.5 Å². The van der Waals surface area contributed by atoms with Crippen molar-refractivity contribution in [3.63, 3.8) is 0 Å². The number of carbonyl (C=O) groups excluding carboxylic acids is 1. The van der Waals surface area contributed by atoms with Crippen molar-refractivity contribution < 1.29 is 14.3 Å². The van der Waals surface area contributed by atoms with E-state index in [1.54, 1.807) is 7.11 Å². The fourth-order valence-electron chi connectivity index (χ4n) is 4.26. The molecule has 1 aromatic heterocycles. The van der Waals surface area contributed by atoms with Gasteiger partial charge in [-0.2, -0.15) is 0 Å². The molecule has 0 saturated carbocycles. The Morgan fingerprint density at radius 1 is 0.973 bits per heavy atom. The van der Waals surface area contributed by atoms with Crippen LogP contribution in [-0.2, 0) is 11.4 Å². The Kier molecular flexibility index (Phi) is 7.77. The standard InChI is InChI=1S/C31H31N3O3/c1-36-27-12-6-22(7-13-27)18-29(31(35)33-17-16-23-19-32-20-23)24-9-14-28(15-10-24)37-21-26-11-8-25-4-2-3-5-30(25)34-26/h2-15,18,23,32H,16-17,19-21H2,1H3,(H,33,35)/b29-18+. The zero-order chi connectivity index (χ0) is 25.5. The number of nitrogens with one attached hydrogen (secondary N) is 2. The Morgan fingerprint density at radius 2 is 1.73 bits per heavy atom. The first kappa shape index (κ1) is 24.5. The molecular weight excluding hydrogens is 462 g/mol. The molecule has 0 aliphatic carbocycles. The fourth-order valence-corrected chi connectivity index (χ4v) is 4.26. The highest BCUT2D eigenvalue weighted by atomic mass is 16.5. The molecule has 6 nitrogen and oxygen atoms in total. The topological polar surface area (TPSA) is 72.5 Å². The lowest BCUT2D eigenvalue weighted by molar-refractivity contribution is -0.115. The Morgan fingerprint density at radius 3 is 2.46 bits per heavy atom. The number of amides is 1. The van der Waals surface area contributed by atoms with Crippen molar-refractivity contribution in [3.8, 4) is 11.5 Å². The molecule has 4 aromatic rings. The van der Waals surface area contributed by atoms with Crippen molar-refractivity contribution in [2.75, 3.05) is 26.7 Å². The van der Waals surface area contributed by atoms with E-state index in [-0.39, 0.29) is 5.91 Å². The van der Waals surface area contributed by atoms with Crippen molar-refractivity contribution in [1.82, 2.24) is 15.6 Å². The smallest absolute Gasteiger partial charge is 0.251 e. The third-order valence-electron chi connectivity index (χ3n) is 6.58. The summed E-state index contributed by atoms with van der Waals surface area (Å²) in [6, 6.07) is 27.4. The van der Waals surface area contributed by atoms with E-state index >= 15 is 0 Å². The van der Waals surface area contributed by atoms with Gasteiger partial charge in [0.05, 0.1) is 18.3 Å². The van der Waals surface area contributed by atoms with Crippen LogP contribution in [0.15, 0.2) is 84.9 Å². The Bertz CT molecular complexity index is 1380. The molecule has 1 aliphatic rings. The number of ether oxygens (including phenoxy) is 2. The number of methoxy groups -OCH3 is 1. The molecule has 0 atom stereocenters. The van der Waals surface area contributed by atoms with Gasteiger partial charge in [-0.25, -0.2) is 4.98 Å². The average Bonchev–Trinajstić information content (AvgIpc) is 2.92. The van der Waals surface area contributed by atoms with Crippen LogP contribution in [0.2, 0.25) is 0 Å². The molecule has 188 valence electrons. The number of hydrogen-bond donors (Lipinski definition) is 2. The Balaban J connectivity index is 1.29. The minimum absolute atomic E-state index is 0.0860. The highest BCUT2D eigenvalue weighted by Gasteiger charge is 2.18. The van der Waals surface area contributed by atoms with Gasteiger partial charge in [0.15, 0.2) is 0 Å². The second kappa shape index (κ2) is 11.7. The summed E-state index contributed by atoms with van der Waals surface area (Å²) in [5, 5.41) is 7.48. The van der Waals surface area contributed by atoms with Crippen LogP contribution in [0, 0.1) is 5.92 Å². The summed E-state index contributed by atoms with van der Waals surface area (Å²) < 4.78 is 11.3. The van der Waals surface area contributed by atoms with Crippen LogP contribution in [0.4, 0.5) is 0 Å². The second-order valence-corrected chi connectivity index (χ2v) is 9.21. The van der Waals surface area contributed by atoms with Crippen molar-refractivity contribution in [1.29, 1.82) is 0 Å². The van der Waals surface area contributed by atoms with Crippen molar-refractivity contribution in [2.45, 2.75) is 13.0 Å². The summed E-state index contributed by atoms with van der Waals surface area (Å²) in [5.41, 5.74) is 4.18. The highest BCUT2D eigenvalue weighted by Crippen LogP contribution is 2.24. The minimum atomic E-state index is -0.0860. The molecule has 0 unspecified atom stereocenters. The van der Waals surface area contributed by atoms with E-state index in [9.17, 15) is 4.79 Å². The number of fused-ring (bicyclic) bond motifs is 1. The van der Waals surface area contributed by atoms with Gasteiger partial charge in [-0.3, -0.25) is 4.79 Å². The van der Waals surface area contributed by atoms with Crippen LogP contribution >= 0.6 is 0 Å². The average molecular weight is 494 g/mol. The summed E-state index contributed by atoms with van der Waals surface area (Å²) in [6.45, 7) is 3.08. The summed E-state index contributed by atoms with van der Waals surface area (Å²) in [7, 11) is 1.64. The van der Waals surface area contributed by atoms with Crippen molar-refractivity contribution in [3.05, 3.63) is 102 Å². The number of rotatable bonds is 10. The normalized spacial score (nSPS) is 13.7. The fraction of sp³-hybridized carbons (Fsp3) is 0.226. The van der Waals surface area contributed by atoms with Crippen LogP contribution in [0.25, 0.3) is 22.6 Å². The van der Waals surface area contributed by atoms with E-state index in [4.69, 9.17) is 9.47 Å². The lowest BCUT2D eigenvalue weighted by Crippen LogP contribution is -2.43. The maximum Gasteiger partial charge on any atom is 0.251 e. The molecule has 6 heteroatoms. The van der Waals surface area contributed by atoms with E-state index in [1.165, 1.54) is 0 Å². The van der Waals surface area contributed by atoms with Gasteiger partial charge in [0.2, 0.25) is 0 Å². The molecule has 0 bridgehead atoms. The zero-order valence-corrected chi connectivity index (χ0v) is 20.9. The first-order chi connectivity index (χ1) is 18.2. The van der Waals surface area contributed by atoms with Crippen LogP contribution in [0.3, 0.4) is 0 Å². The molecule has 1 aliphatic heterocycles. The third kappa shape index (κ3) is 6.35. The SMILES string of the molecule is COc1ccc(/C=C(/C(=O)NCCC2CNC2)c2ccc(OCc3ccc4ccccc4n3)cc2)cc1. The molecule has 1 fully saturated rings. The van der Waals surface area contributed by atoms with Gasteiger partial charge in [0.1, 0.15) is 18.1 Å². The second-order valence-electron chi connectivity index (χ2n) is 9.21. The summed E-state index contributed by atoms with van der Waals surface area (Å²) in [5.74, 6) is 2.06. The van der Waals surface area contributed by atoms with E-state index < -0.39 is 0 Å². The number of nitrogens with zero attached hydrogens (tertiary/aromatic N) is 1. The molecule has 37 heavy (non-hydrogen) atoms. The van der Waals surface area contributed by atoms with Gasteiger partial charge in [0.25, 0.3) is 5.91 Å². The molecule has 5 rings (SSSR count). The van der Waals surface area contributed by atoms with E-state index in [0.717, 1.165) is 58.7 Å². The summed E-state index contributed by atoms with van der Waals surface area (Å²) in [4.78, 5) is 17.9. The third-order valence-corrected chi connectivity index (χ3v) is 6.58. The number of hydrogen-bond acceptors (Lipinski definition) is 5. The molecule has 0 radical (unpaired) electrons. The molecular formula is C31H31N3O3. The van der Waals surface area contributed by atoms with E-state index in [2.05, 4.69) is 21.7 Å². The lowest BCUT2D eigenvalue weighted by Gasteiger charge is -2.27. The van der Waals surface area contributed by atoms with Crippen LogP contribution in [0.1, 0.15) is 23.2 Å². The predicted octanol–water partition coefficient (Wildman–Crippen LogP) is 5.09. The van der Waals surface area contributed by atoms with Gasteiger partial charge in [-0.05, 0) is 79.0 Å². The lowest BCUT2D eigenvalue weighted by atomic mass is 9.99. The van der Waals surface area contributed by atoms with Crippen LogP contribution in [0.5, 0.6) is 11.5 Å². The number of carbonyl (C=O) groups is 1. The molecule has 3 aromatic carbocycles. The number of para-hydroxylation sites is 1. The Labute approximate surface area is 217 Å². The van der Waals surface area contributed by atoms with Gasteiger partial charge >= 0.3 is 0 Å². The highest BCUT2D eigenvalue weighted by molar-refractivity contribution is 6.24. The van der Waals surface area contributed by atoms with Gasteiger partial charge in [-0.15, -0.1) is 0 Å². The maximum absolute atomic E-state index is 13.2. The quantitative estimate of drug-likeness (QED) is 0.238. The first-order valence-electron chi connectivity index (χ1n) is 12.6. The molecule has 0 spiro atoms. The van der Waals surface area contributed by atoms with Crippen LogP contribution in [-0.4, -0.2) is 37.6 Å². The number of pyridine rings is 1. The largest absolute Gasteiger partial charge is 0.497 e. The van der Waals surface area contributed by atoms with E-state index in [1.807, 2.05) is 84.9 Å². The summed E-state index contributed by atoms with van der Waals surface area (Å²) in [6.07, 6.45) is 2.89. The van der Waals surface area contributed by atoms with E-state index in [0.29, 0.717) is 24.6 Å². The van der Waals surface area contributed by atoms with Crippen molar-refractivity contribution in [2.24, 2.45) is 5.92 Å². The van der Waals surface area contributed by atoms with Crippen LogP contribution < -0.4 is 20.1 Å². The molecule has 2 N–H and O–H groups in total. The molecule has 2 heterocycles. The predicted molar refractivity (Wildman–Crippen MR) is 147 cm³/mol. The number of benzene rings is 3. The zero-order valence-electron chi connectivity index (χ0n) is 20.9. The minimum Gasteiger partial charge on any atom is -0.497 e.